The number of hydrogen-bond acceptors (Lipinski definition) is 6. The van der Waals surface area contributed by atoms with Crippen molar-refractivity contribution < 1.29 is 19.2 Å². The van der Waals surface area contributed by atoms with Crippen molar-refractivity contribution in [3.05, 3.63) is 62.6 Å². The molecule has 2 aromatic rings. The van der Waals surface area contributed by atoms with Gasteiger partial charge in [-0.2, -0.15) is 0 Å². The maximum absolute atomic E-state index is 12.8. The largest absolute Gasteiger partial charge is 0.482 e. The lowest BCUT2D eigenvalue weighted by molar-refractivity contribution is -0.385. The SMILES string of the molecule is CC(C(=O)c1ccc2c(c1)N(C)C(=O)CO2)n1cc([N+](=O)[O-])ccc1=O. The van der Waals surface area contributed by atoms with Crippen molar-refractivity contribution in [1.82, 2.24) is 4.57 Å². The van der Waals surface area contributed by atoms with E-state index in [1.165, 1.54) is 24.0 Å². The molecule has 0 saturated heterocycles. The van der Waals surface area contributed by atoms with E-state index in [1.807, 2.05) is 0 Å². The number of amides is 1. The van der Waals surface area contributed by atoms with E-state index >= 15 is 0 Å². The Kier molecular flexibility index (Phi) is 4.29. The van der Waals surface area contributed by atoms with Gasteiger partial charge in [-0.15, -0.1) is 0 Å². The number of ether oxygens (including phenoxy) is 1. The number of nitrogens with zero attached hydrogens (tertiary/aromatic N) is 3. The molecule has 1 aromatic heterocycles. The molecule has 2 heterocycles. The Bertz CT molecular complexity index is 981. The van der Waals surface area contributed by atoms with Crippen molar-refractivity contribution in [2.24, 2.45) is 0 Å². The van der Waals surface area contributed by atoms with Gasteiger partial charge in [-0.3, -0.25) is 29.1 Å². The van der Waals surface area contributed by atoms with Gasteiger partial charge in [0.2, 0.25) is 0 Å². The van der Waals surface area contributed by atoms with Crippen LogP contribution in [0.5, 0.6) is 5.75 Å². The second-order valence-corrected chi connectivity index (χ2v) is 5.85. The number of nitro groups is 1. The number of ketones is 1. The van der Waals surface area contributed by atoms with Crippen LogP contribution < -0.4 is 15.2 Å². The van der Waals surface area contributed by atoms with Gasteiger partial charge in [0.15, 0.2) is 12.4 Å². The highest BCUT2D eigenvalue weighted by molar-refractivity contribution is 6.03. The van der Waals surface area contributed by atoms with Crippen molar-refractivity contribution in [2.45, 2.75) is 13.0 Å². The molecule has 134 valence electrons. The van der Waals surface area contributed by atoms with Crippen LogP contribution in [0.3, 0.4) is 0 Å². The first kappa shape index (κ1) is 17.3. The lowest BCUT2D eigenvalue weighted by atomic mass is 10.0. The molecule has 0 bridgehead atoms. The first-order chi connectivity index (χ1) is 12.3. The van der Waals surface area contributed by atoms with Crippen molar-refractivity contribution in [1.29, 1.82) is 0 Å². The summed E-state index contributed by atoms with van der Waals surface area (Å²) in [5, 5.41) is 10.9. The van der Waals surface area contributed by atoms with Crippen LogP contribution in [0.4, 0.5) is 11.4 Å². The molecule has 0 radical (unpaired) electrons. The minimum atomic E-state index is -0.953. The van der Waals surface area contributed by atoms with E-state index in [4.69, 9.17) is 4.74 Å². The highest BCUT2D eigenvalue weighted by Gasteiger charge is 2.25. The lowest BCUT2D eigenvalue weighted by Gasteiger charge is -2.26. The number of aromatic nitrogens is 1. The lowest BCUT2D eigenvalue weighted by Crippen LogP contribution is -2.35. The first-order valence-electron chi connectivity index (χ1n) is 7.74. The molecule has 9 nitrogen and oxygen atoms in total. The van der Waals surface area contributed by atoms with E-state index in [2.05, 4.69) is 0 Å². The number of Topliss-reactive ketones (excluding diaryl/α,β-unsaturated/α-hetero) is 1. The fourth-order valence-corrected chi connectivity index (χ4v) is 2.70. The van der Waals surface area contributed by atoms with Crippen LogP contribution in [0.15, 0.2) is 41.3 Å². The highest BCUT2D eigenvalue weighted by Crippen LogP contribution is 2.32. The number of rotatable bonds is 4. The molecule has 26 heavy (non-hydrogen) atoms. The molecule has 0 fully saturated rings. The summed E-state index contributed by atoms with van der Waals surface area (Å²) in [5.74, 6) is -0.185. The fraction of sp³-hybridized carbons (Fsp3) is 0.235. The predicted octanol–water partition coefficient (Wildman–Crippen LogP) is 1.56. The van der Waals surface area contributed by atoms with Gasteiger partial charge in [0.05, 0.1) is 22.8 Å². The number of benzene rings is 1. The first-order valence-corrected chi connectivity index (χ1v) is 7.74. The van der Waals surface area contributed by atoms with Gasteiger partial charge in [0.1, 0.15) is 5.75 Å². The Morgan fingerprint density at radius 3 is 2.69 bits per heavy atom. The maximum Gasteiger partial charge on any atom is 0.285 e. The summed E-state index contributed by atoms with van der Waals surface area (Å²) in [6, 6.07) is 5.80. The van der Waals surface area contributed by atoms with E-state index < -0.39 is 22.3 Å². The molecule has 0 spiro atoms. The van der Waals surface area contributed by atoms with Gasteiger partial charge in [0.25, 0.3) is 17.2 Å². The smallest absolute Gasteiger partial charge is 0.285 e. The second kappa shape index (κ2) is 6.43. The Morgan fingerprint density at radius 1 is 1.27 bits per heavy atom. The predicted molar refractivity (Wildman–Crippen MR) is 91.7 cm³/mol. The van der Waals surface area contributed by atoms with Gasteiger partial charge in [-0.25, -0.2) is 0 Å². The third kappa shape index (κ3) is 2.94. The molecule has 0 N–H and O–H groups in total. The summed E-state index contributed by atoms with van der Waals surface area (Å²) >= 11 is 0. The molecule has 1 amide bonds. The molecule has 1 unspecified atom stereocenters. The van der Waals surface area contributed by atoms with Gasteiger partial charge in [-0.1, -0.05) is 0 Å². The van der Waals surface area contributed by atoms with E-state index in [-0.39, 0.29) is 23.8 Å². The van der Waals surface area contributed by atoms with Crippen LogP contribution in [0.25, 0.3) is 0 Å². The van der Waals surface area contributed by atoms with Gasteiger partial charge in [-0.05, 0) is 25.1 Å². The number of fused-ring (bicyclic) bond motifs is 1. The van der Waals surface area contributed by atoms with E-state index in [1.54, 1.807) is 13.1 Å². The van der Waals surface area contributed by atoms with Crippen molar-refractivity contribution in [2.75, 3.05) is 18.6 Å². The molecule has 3 rings (SSSR count). The van der Waals surface area contributed by atoms with Crippen LogP contribution in [-0.2, 0) is 4.79 Å². The maximum atomic E-state index is 12.8. The second-order valence-electron chi connectivity index (χ2n) is 5.85. The number of anilines is 1. The number of carbonyl (C=O) groups excluding carboxylic acids is 2. The van der Waals surface area contributed by atoms with Crippen LogP contribution in [0.2, 0.25) is 0 Å². The van der Waals surface area contributed by atoms with Crippen LogP contribution in [0.1, 0.15) is 23.3 Å². The van der Waals surface area contributed by atoms with Crippen molar-refractivity contribution >= 4 is 23.1 Å². The number of hydrogen-bond donors (Lipinski definition) is 0. The van der Waals surface area contributed by atoms with Gasteiger partial charge >= 0.3 is 0 Å². The number of carbonyl (C=O) groups is 2. The molecule has 1 atom stereocenters. The van der Waals surface area contributed by atoms with Gasteiger partial charge < -0.3 is 9.64 Å². The molecule has 0 saturated carbocycles. The Hall–Kier alpha value is -3.49. The van der Waals surface area contributed by atoms with E-state index in [0.717, 1.165) is 22.9 Å². The van der Waals surface area contributed by atoms with Crippen LogP contribution in [0, 0.1) is 10.1 Å². The molecule has 9 heteroatoms. The normalized spacial score (nSPS) is 14.4. The van der Waals surface area contributed by atoms with Crippen molar-refractivity contribution in [3.8, 4) is 5.75 Å². The summed E-state index contributed by atoms with van der Waals surface area (Å²) in [6.07, 6.45) is 1.04. The fourth-order valence-electron chi connectivity index (χ4n) is 2.70. The van der Waals surface area contributed by atoms with Crippen LogP contribution in [-0.4, -0.2) is 34.8 Å². The van der Waals surface area contributed by atoms with E-state index in [0.29, 0.717) is 11.4 Å². The Morgan fingerprint density at radius 2 is 2.00 bits per heavy atom. The topological polar surface area (TPSA) is 112 Å². The molecule has 1 aliphatic rings. The zero-order chi connectivity index (χ0) is 19.0. The summed E-state index contributed by atoms with van der Waals surface area (Å²) in [5.41, 5.74) is -0.0936. The average molecular weight is 357 g/mol. The van der Waals surface area contributed by atoms with E-state index in [9.17, 15) is 24.5 Å². The zero-order valence-corrected chi connectivity index (χ0v) is 14.0. The summed E-state index contributed by atoms with van der Waals surface area (Å²) in [6.45, 7) is 1.41. The quantitative estimate of drug-likeness (QED) is 0.466. The molecular weight excluding hydrogens is 342 g/mol. The highest BCUT2D eigenvalue weighted by atomic mass is 16.6. The Balaban J connectivity index is 1.97. The molecular formula is C17H15N3O6. The Labute approximate surface area is 147 Å². The third-order valence-electron chi connectivity index (χ3n) is 4.26. The summed E-state index contributed by atoms with van der Waals surface area (Å²) in [7, 11) is 1.58. The minimum Gasteiger partial charge on any atom is -0.482 e. The third-order valence-corrected chi connectivity index (χ3v) is 4.26. The molecule has 1 aromatic carbocycles. The average Bonchev–Trinajstić information content (AvgIpc) is 2.63. The molecule has 0 aliphatic carbocycles. The number of pyridine rings is 1. The number of likely N-dealkylation sites (N-methyl/N-ethyl adjacent to an activating group) is 1. The standard InChI is InChI=1S/C17H15N3O6/c1-10(19-8-12(20(24)25)4-6-15(19)21)17(23)11-3-5-14-13(7-11)18(2)16(22)9-26-14/h3-8,10H,9H2,1-2H3. The zero-order valence-electron chi connectivity index (χ0n) is 14.0. The van der Waals surface area contributed by atoms with Gasteiger partial charge in [0, 0.05) is 24.7 Å². The van der Waals surface area contributed by atoms with Crippen LogP contribution >= 0.6 is 0 Å². The minimum absolute atomic E-state index is 0.0731. The molecule has 1 aliphatic heterocycles. The van der Waals surface area contributed by atoms with Crippen molar-refractivity contribution in [3.63, 3.8) is 0 Å². The summed E-state index contributed by atoms with van der Waals surface area (Å²) in [4.78, 5) is 48.2. The monoisotopic (exact) mass is 357 g/mol. The summed E-state index contributed by atoms with van der Waals surface area (Å²) < 4.78 is 6.33.